The molecule has 6 heteroatoms. The van der Waals surface area contributed by atoms with Gasteiger partial charge < -0.3 is 15.6 Å². The zero-order chi connectivity index (χ0) is 15.4. The summed E-state index contributed by atoms with van der Waals surface area (Å²) in [6, 6.07) is 9.39. The quantitative estimate of drug-likeness (QED) is 0.827. The lowest BCUT2D eigenvalue weighted by atomic mass is 10.1. The lowest BCUT2D eigenvalue weighted by molar-refractivity contribution is -0.116. The van der Waals surface area contributed by atoms with E-state index in [1.165, 1.54) is 29.8 Å². The van der Waals surface area contributed by atoms with Crippen molar-refractivity contribution in [2.45, 2.75) is 13.5 Å². The Morgan fingerprint density at radius 2 is 2.00 bits per heavy atom. The maximum absolute atomic E-state index is 11.9. The second kappa shape index (κ2) is 6.04. The number of carbonyl (C=O) groups is 2. The third-order valence-corrected chi connectivity index (χ3v) is 2.87. The lowest BCUT2D eigenvalue weighted by Gasteiger charge is -2.08. The Labute approximate surface area is 121 Å². The van der Waals surface area contributed by atoms with Crippen molar-refractivity contribution < 1.29 is 9.59 Å². The summed E-state index contributed by atoms with van der Waals surface area (Å²) in [5.74, 6) is -0.457. The van der Waals surface area contributed by atoms with Crippen molar-refractivity contribution in [2.75, 3.05) is 11.1 Å². The Kier molecular flexibility index (Phi) is 4.18. The number of nitrogens with two attached hydrogens (primary N) is 1. The number of aromatic nitrogens is 1. The van der Waals surface area contributed by atoms with E-state index in [9.17, 15) is 14.4 Å². The molecule has 6 nitrogen and oxygen atoms in total. The molecular weight excluding hydrogens is 270 g/mol. The van der Waals surface area contributed by atoms with Gasteiger partial charge in [0.25, 0.3) is 5.56 Å². The number of Topliss-reactive ketones (excluding diaryl/α,β-unsaturated/α-hetero) is 1. The highest BCUT2D eigenvalue weighted by Crippen LogP contribution is 2.11. The molecule has 1 aromatic carbocycles. The molecule has 0 fully saturated rings. The number of anilines is 2. The second-order valence-electron chi connectivity index (χ2n) is 4.61. The number of ketones is 1. The summed E-state index contributed by atoms with van der Waals surface area (Å²) in [5, 5.41) is 2.64. The molecule has 0 unspecified atom stereocenters. The second-order valence-corrected chi connectivity index (χ2v) is 4.61. The normalized spacial score (nSPS) is 10.1. The number of nitrogens with one attached hydrogen (secondary N) is 1. The first-order valence-electron chi connectivity index (χ1n) is 6.32. The fourth-order valence-electron chi connectivity index (χ4n) is 1.84. The standard InChI is InChI=1S/C15H15N3O3/c1-10(19)11-3-2-4-13(7-11)17-14(20)9-18-8-12(16)5-6-15(18)21/h2-8H,9,16H2,1H3,(H,17,20). The summed E-state index contributed by atoms with van der Waals surface area (Å²) < 4.78 is 1.22. The molecule has 21 heavy (non-hydrogen) atoms. The van der Waals surface area contributed by atoms with E-state index in [1.807, 2.05) is 0 Å². The largest absolute Gasteiger partial charge is 0.398 e. The van der Waals surface area contributed by atoms with Crippen LogP contribution < -0.4 is 16.6 Å². The minimum absolute atomic E-state index is 0.0850. The summed E-state index contributed by atoms with van der Waals surface area (Å²) in [5.41, 5.74) is 6.69. The van der Waals surface area contributed by atoms with Crippen molar-refractivity contribution in [3.8, 4) is 0 Å². The van der Waals surface area contributed by atoms with Crippen LogP contribution in [-0.2, 0) is 11.3 Å². The van der Waals surface area contributed by atoms with Crippen molar-refractivity contribution in [3.05, 3.63) is 58.5 Å². The fourth-order valence-corrected chi connectivity index (χ4v) is 1.84. The zero-order valence-electron chi connectivity index (χ0n) is 11.5. The molecule has 2 aromatic rings. The molecule has 0 saturated heterocycles. The number of rotatable bonds is 4. The molecule has 1 heterocycles. The highest BCUT2D eigenvalue weighted by molar-refractivity contribution is 5.97. The third kappa shape index (κ3) is 3.79. The predicted octanol–water partition coefficient (Wildman–Crippen LogP) is 1.27. The molecule has 0 aliphatic heterocycles. The van der Waals surface area contributed by atoms with Gasteiger partial charge in [-0.15, -0.1) is 0 Å². The lowest BCUT2D eigenvalue weighted by Crippen LogP contribution is -2.27. The molecule has 0 aliphatic rings. The van der Waals surface area contributed by atoms with Crippen LogP contribution in [0.4, 0.5) is 11.4 Å². The van der Waals surface area contributed by atoms with E-state index in [0.29, 0.717) is 16.9 Å². The van der Waals surface area contributed by atoms with Crippen molar-refractivity contribution in [3.63, 3.8) is 0 Å². The first-order chi connectivity index (χ1) is 9.95. The van der Waals surface area contributed by atoms with Crippen LogP contribution in [0.2, 0.25) is 0 Å². The van der Waals surface area contributed by atoms with Gasteiger partial charge in [0.1, 0.15) is 6.54 Å². The minimum Gasteiger partial charge on any atom is -0.398 e. The summed E-state index contributed by atoms with van der Waals surface area (Å²) in [4.78, 5) is 34.8. The van der Waals surface area contributed by atoms with Gasteiger partial charge in [0.15, 0.2) is 5.78 Å². The predicted molar refractivity (Wildman–Crippen MR) is 80.2 cm³/mol. The van der Waals surface area contributed by atoms with Crippen LogP contribution in [0.25, 0.3) is 0 Å². The number of hydrogen-bond acceptors (Lipinski definition) is 4. The number of benzene rings is 1. The van der Waals surface area contributed by atoms with Gasteiger partial charge in [0.2, 0.25) is 5.91 Å². The SMILES string of the molecule is CC(=O)c1cccc(NC(=O)Cn2cc(N)ccc2=O)c1. The van der Waals surface area contributed by atoms with Gasteiger partial charge in [-0.1, -0.05) is 12.1 Å². The van der Waals surface area contributed by atoms with Crippen molar-refractivity contribution in [1.29, 1.82) is 0 Å². The molecule has 3 N–H and O–H groups in total. The zero-order valence-corrected chi connectivity index (χ0v) is 11.5. The summed E-state index contributed by atoms with van der Waals surface area (Å²) in [6.07, 6.45) is 1.41. The topological polar surface area (TPSA) is 94.2 Å². The van der Waals surface area contributed by atoms with E-state index < -0.39 is 0 Å². The average Bonchev–Trinajstić information content (AvgIpc) is 2.43. The minimum atomic E-state index is -0.372. The first kappa shape index (κ1) is 14.5. The smallest absolute Gasteiger partial charge is 0.251 e. The Morgan fingerprint density at radius 1 is 1.24 bits per heavy atom. The molecule has 0 radical (unpaired) electrons. The van der Waals surface area contributed by atoms with Crippen LogP contribution in [0, 0.1) is 0 Å². The van der Waals surface area contributed by atoms with Crippen LogP contribution >= 0.6 is 0 Å². The molecule has 1 aromatic heterocycles. The maximum Gasteiger partial charge on any atom is 0.251 e. The van der Waals surface area contributed by atoms with Crippen molar-refractivity contribution >= 4 is 23.1 Å². The monoisotopic (exact) mass is 285 g/mol. The number of pyridine rings is 1. The van der Waals surface area contributed by atoms with E-state index in [4.69, 9.17) is 5.73 Å². The van der Waals surface area contributed by atoms with Crippen LogP contribution in [0.5, 0.6) is 0 Å². The molecule has 2 rings (SSSR count). The summed E-state index contributed by atoms with van der Waals surface area (Å²) >= 11 is 0. The van der Waals surface area contributed by atoms with Crippen LogP contribution in [0.15, 0.2) is 47.4 Å². The molecule has 0 atom stereocenters. The fraction of sp³-hybridized carbons (Fsp3) is 0.133. The first-order valence-corrected chi connectivity index (χ1v) is 6.32. The van der Waals surface area contributed by atoms with E-state index in [-0.39, 0.29) is 23.8 Å². The number of nitrogens with zero attached hydrogens (tertiary/aromatic N) is 1. The maximum atomic E-state index is 11.9. The highest BCUT2D eigenvalue weighted by atomic mass is 16.2. The van der Waals surface area contributed by atoms with Crippen molar-refractivity contribution in [2.24, 2.45) is 0 Å². The molecule has 0 spiro atoms. The van der Waals surface area contributed by atoms with Gasteiger partial charge in [0.05, 0.1) is 0 Å². The summed E-state index contributed by atoms with van der Waals surface area (Å²) in [6.45, 7) is 1.31. The van der Waals surface area contributed by atoms with Gasteiger partial charge in [-0.2, -0.15) is 0 Å². The third-order valence-electron chi connectivity index (χ3n) is 2.87. The molecule has 108 valence electrons. The Balaban J connectivity index is 2.11. The molecule has 1 amide bonds. The van der Waals surface area contributed by atoms with Crippen LogP contribution in [0.3, 0.4) is 0 Å². The van der Waals surface area contributed by atoms with Crippen molar-refractivity contribution in [1.82, 2.24) is 4.57 Å². The Hall–Kier alpha value is -2.89. The number of nitrogen functional groups attached to an aromatic ring is 1. The van der Waals surface area contributed by atoms with Gasteiger partial charge in [-0.3, -0.25) is 14.4 Å². The van der Waals surface area contributed by atoms with E-state index in [1.54, 1.807) is 24.3 Å². The van der Waals surface area contributed by atoms with E-state index in [0.717, 1.165) is 0 Å². The number of amides is 1. The number of hydrogen-bond donors (Lipinski definition) is 2. The van der Waals surface area contributed by atoms with Gasteiger partial charge >= 0.3 is 0 Å². The molecular formula is C15H15N3O3. The average molecular weight is 285 g/mol. The van der Waals surface area contributed by atoms with E-state index in [2.05, 4.69) is 5.32 Å². The number of carbonyl (C=O) groups excluding carboxylic acids is 2. The van der Waals surface area contributed by atoms with Gasteiger partial charge in [-0.05, 0) is 25.1 Å². The molecule has 0 bridgehead atoms. The van der Waals surface area contributed by atoms with Crippen LogP contribution in [0.1, 0.15) is 17.3 Å². The Morgan fingerprint density at radius 3 is 2.71 bits per heavy atom. The van der Waals surface area contributed by atoms with Crippen LogP contribution in [-0.4, -0.2) is 16.3 Å². The molecule has 0 saturated carbocycles. The summed E-state index contributed by atoms with van der Waals surface area (Å²) in [7, 11) is 0. The molecule has 0 aliphatic carbocycles. The Bertz CT molecular complexity index is 750. The van der Waals surface area contributed by atoms with E-state index >= 15 is 0 Å². The highest BCUT2D eigenvalue weighted by Gasteiger charge is 2.07. The van der Waals surface area contributed by atoms with Gasteiger partial charge in [0, 0.05) is 29.2 Å². The van der Waals surface area contributed by atoms with Gasteiger partial charge in [-0.25, -0.2) is 0 Å².